The van der Waals surface area contributed by atoms with Crippen molar-refractivity contribution in [1.29, 1.82) is 0 Å². The summed E-state index contributed by atoms with van der Waals surface area (Å²) >= 11 is 0. The first-order valence-corrected chi connectivity index (χ1v) is 11.0. The molecule has 0 unspecified atom stereocenters. The molecule has 32 heavy (non-hydrogen) atoms. The fourth-order valence-electron chi connectivity index (χ4n) is 4.99. The molecule has 2 aromatic carbocycles. The Hall–Kier alpha value is -3.98. The zero-order valence-electron chi connectivity index (χ0n) is 17.6. The van der Waals surface area contributed by atoms with Crippen molar-refractivity contribution in [3.05, 3.63) is 130 Å². The summed E-state index contributed by atoms with van der Waals surface area (Å²) in [6, 6.07) is 18.2. The highest BCUT2D eigenvalue weighted by Crippen LogP contribution is 2.41. The minimum absolute atomic E-state index is 0.0718. The van der Waals surface area contributed by atoms with Crippen LogP contribution in [0.2, 0.25) is 0 Å². The fraction of sp³-hybridized carbons (Fsp3) is 0.103. The van der Waals surface area contributed by atoms with Crippen LogP contribution in [-0.2, 0) is 12.8 Å². The molecule has 0 saturated carbocycles. The molecule has 0 atom stereocenters. The molecule has 6 rings (SSSR count). The van der Waals surface area contributed by atoms with Crippen molar-refractivity contribution in [1.82, 2.24) is 4.98 Å². The van der Waals surface area contributed by atoms with Crippen LogP contribution < -0.4 is 5.32 Å². The molecule has 0 spiro atoms. The second-order valence-corrected chi connectivity index (χ2v) is 8.36. The molecule has 3 aromatic rings. The van der Waals surface area contributed by atoms with Crippen LogP contribution in [0.25, 0.3) is 11.1 Å². The number of carbonyl (C=O) groups excluding carboxylic acids is 1. The summed E-state index contributed by atoms with van der Waals surface area (Å²) in [5.74, 6) is 0.0718. The molecule has 1 heterocycles. The smallest absolute Gasteiger partial charge is 0.210 e. The van der Waals surface area contributed by atoms with Gasteiger partial charge >= 0.3 is 0 Å². The molecule has 0 radical (unpaired) electrons. The highest BCUT2D eigenvalue weighted by atomic mass is 16.1. The maximum atomic E-state index is 14.0. The van der Waals surface area contributed by atoms with Crippen LogP contribution in [0.1, 0.15) is 39.0 Å². The SMILES string of the molecule is O=C1C(Nc2ccccc2)=C(c2ccncc2)Cc2ccc3c(c21)CC=C1CC=CC=C13. The molecule has 0 amide bonds. The summed E-state index contributed by atoms with van der Waals surface area (Å²) in [5, 5.41) is 3.45. The van der Waals surface area contributed by atoms with Gasteiger partial charge in [0.25, 0.3) is 0 Å². The van der Waals surface area contributed by atoms with Crippen LogP contribution in [0.4, 0.5) is 5.69 Å². The highest BCUT2D eigenvalue weighted by molar-refractivity contribution is 6.19. The maximum Gasteiger partial charge on any atom is 0.210 e. The van der Waals surface area contributed by atoms with E-state index >= 15 is 0 Å². The van der Waals surface area contributed by atoms with Gasteiger partial charge in [-0.25, -0.2) is 0 Å². The number of hydrogen-bond donors (Lipinski definition) is 1. The number of benzene rings is 2. The minimum Gasteiger partial charge on any atom is -0.352 e. The molecule has 0 fully saturated rings. The molecular weight excluding hydrogens is 392 g/mol. The van der Waals surface area contributed by atoms with Gasteiger partial charge < -0.3 is 5.32 Å². The number of pyridine rings is 1. The van der Waals surface area contributed by atoms with Gasteiger partial charge in [-0.1, -0.05) is 54.6 Å². The van der Waals surface area contributed by atoms with E-state index in [1.807, 2.05) is 42.5 Å². The lowest BCUT2D eigenvalue weighted by molar-refractivity contribution is 0.103. The van der Waals surface area contributed by atoms with Gasteiger partial charge in [-0.15, -0.1) is 0 Å². The Bertz CT molecular complexity index is 1360. The van der Waals surface area contributed by atoms with Crippen LogP contribution >= 0.6 is 0 Å². The number of para-hydroxylation sites is 1. The van der Waals surface area contributed by atoms with E-state index in [9.17, 15) is 4.79 Å². The van der Waals surface area contributed by atoms with Crippen LogP contribution in [0.5, 0.6) is 0 Å². The number of allylic oxidation sites excluding steroid dienone is 8. The van der Waals surface area contributed by atoms with Crippen LogP contribution in [0.15, 0.2) is 103 Å². The lowest BCUT2D eigenvalue weighted by atomic mass is 9.76. The quantitative estimate of drug-likeness (QED) is 0.557. The van der Waals surface area contributed by atoms with Crippen LogP contribution in [0.3, 0.4) is 0 Å². The Balaban J connectivity index is 1.51. The summed E-state index contributed by atoms with van der Waals surface area (Å²) < 4.78 is 0. The molecule has 3 aliphatic rings. The molecule has 0 aliphatic heterocycles. The Morgan fingerprint density at radius 3 is 2.59 bits per heavy atom. The van der Waals surface area contributed by atoms with Crippen molar-refractivity contribution >= 4 is 22.6 Å². The third kappa shape index (κ3) is 3.05. The normalized spacial score (nSPS) is 16.6. The number of ketones is 1. The number of aromatic nitrogens is 1. The predicted molar refractivity (Wildman–Crippen MR) is 129 cm³/mol. The Morgan fingerprint density at radius 1 is 0.906 bits per heavy atom. The van der Waals surface area contributed by atoms with Gasteiger partial charge in [0.05, 0.1) is 5.70 Å². The first-order chi connectivity index (χ1) is 15.8. The molecular formula is C29H22N2O. The third-order valence-electron chi connectivity index (χ3n) is 6.52. The second-order valence-electron chi connectivity index (χ2n) is 8.36. The first kappa shape index (κ1) is 18.8. The van der Waals surface area contributed by atoms with Crippen molar-refractivity contribution in [2.75, 3.05) is 5.32 Å². The van der Waals surface area contributed by atoms with Crippen LogP contribution in [-0.4, -0.2) is 10.8 Å². The zero-order valence-corrected chi connectivity index (χ0v) is 17.6. The van der Waals surface area contributed by atoms with E-state index in [4.69, 9.17) is 0 Å². The van der Waals surface area contributed by atoms with Crippen molar-refractivity contribution < 1.29 is 4.79 Å². The Labute approximate surface area is 187 Å². The summed E-state index contributed by atoms with van der Waals surface area (Å²) in [7, 11) is 0. The Morgan fingerprint density at radius 2 is 1.75 bits per heavy atom. The molecule has 0 bridgehead atoms. The number of hydrogen-bond acceptors (Lipinski definition) is 3. The van der Waals surface area contributed by atoms with Crippen molar-refractivity contribution in [3.63, 3.8) is 0 Å². The van der Waals surface area contributed by atoms with Gasteiger partial charge in [0.2, 0.25) is 5.78 Å². The third-order valence-corrected chi connectivity index (χ3v) is 6.52. The monoisotopic (exact) mass is 414 g/mol. The van der Waals surface area contributed by atoms with E-state index in [1.165, 1.54) is 16.7 Å². The standard InChI is InChI=1S/C29H22N2O/c32-29-27-21(11-12-24-23-9-5-4-6-19(23)10-13-25(24)27)18-26(20-14-16-30-17-15-20)28(29)31-22-7-2-1-3-8-22/h1-5,7-12,14-17,31H,6,13,18H2. The molecule has 154 valence electrons. The molecule has 3 nitrogen and oxygen atoms in total. The summed E-state index contributed by atoms with van der Waals surface area (Å²) in [4.78, 5) is 18.2. The molecule has 1 N–H and O–H groups in total. The zero-order chi connectivity index (χ0) is 21.5. The van der Waals surface area contributed by atoms with E-state index < -0.39 is 0 Å². The van der Waals surface area contributed by atoms with Gasteiger partial charge in [-0.3, -0.25) is 9.78 Å². The maximum absolute atomic E-state index is 14.0. The van der Waals surface area contributed by atoms with Gasteiger partial charge in [-0.2, -0.15) is 0 Å². The summed E-state index contributed by atoms with van der Waals surface area (Å²) in [5.41, 5.74) is 10.5. The number of fused-ring (bicyclic) bond motifs is 5. The van der Waals surface area contributed by atoms with Gasteiger partial charge in [0.1, 0.15) is 0 Å². The van der Waals surface area contributed by atoms with E-state index in [0.717, 1.165) is 46.4 Å². The van der Waals surface area contributed by atoms with Crippen molar-refractivity contribution in [2.24, 2.45) is 0 Å². The summed E-state index contributed by atoms with van der Waals surface area (Å²) in [6.45, 7) is 0. The van der Waals surface area contributed by atoms with E-state index in [-0.39, 0.29) is 5.78 Å². The van der Waals surface area contributed by atoms with E-state index in [0.29, 0.717) is 12.1 Å². The second kappa shape index (κ2) is 7.61. The largest absolute Gasteiger partial charge is 0.352 e. The molecule has 3 aliphatic carbocycles. The average molecular weight is 415 g/mol. The number of rotatable bonds is 3. The molecule has 3 heteroatoms. The fourth-order valence-corrected chi connectivity index (χ4v) is 4.99. The number of nitrogens with zero attached hydrogens (tertiary/aromatic N) is 1. The summed E-state index contributed by atoms with van der Waals surface area (Å²) in [6.07, 6.45) is 14.8. The van der Waals surface area contributed by atoms with Crippen LogP contribution in [0, 0.1) is 0 Å². The van der Waals surface area contributed by atoms with Gasteiger partial charge in [0, 0.05) is 30.1 Å². The van der Waals surface area contributed by atoms with E-state index in [2.05, 4.69) is 46.7 Å². The topological polar surface area (TPSA) is 42.0 Å². The van der Waals surface area contributed by atoms with Gasteiger partial charge in [-0.05, 0) is 76.1 Å². The highest BCUT2D eigenvalue weighted by Gasteiger charge is 2.32. The minimum atomic E-state index is 0.0718. The Kier molecular flexibility index (Phi) is 4.46. The number of nitrogens with one attached hydrogen (secondary N) is 1. The van der Waals surface area contributed by atoms with E-state index in [1.54, 1.807) is 12.4 Å². The lowest BCUT2D eigenvalue weighted by Gasteiger charge is -2.29. The van der Waals surface area contributed by atoms with Crippen molar-refractivity contribution in [3.8, 4) is 0 Å². The first-order valence-electron chi connectivity index (χ1n) is 11.0. The molecule has 0 saturated heterocycles. The average Bonchev–Trinajstić information content (AvgIpc) is 2.86. The van der Waals surface area contributed by atoms with Crippen molar-refractivity contribution in [2.45, 2.75) is 19.3 Å². The number of anilines is 1. The number of carbonyl (C=O) groups is 1. The number of Topliss-reactive ketones (excluding diaryl/α,β-unsaturated/α-hetero) is 1. The predicted octanol–water partition coefficient (Wildman–Crippen LogP) is 6.17. The van der Waals surface area contributed by atoms with Gasteiger partial charge in [0.15, 0.2) is 0 Å². The lowest BCUT2D eigenvalue weighted by Crippen LogP contribution is -2.24. The molecule has 1 aromatic heterocycles.